The average Bonchev–Trinajstić information content (AvgIpc) is 2.46. The summed E-state index contributed by atoms with van der Waals surface area (Å²) < 4.78 is 14.1. The Morgan fingerprint density at radius 3 is 2.67 bits per heavy atom. The molecule has 1 amide bonds. The lowest BCUT2D eigenvalue weighted by atomic mass is 9.75. The Bertz CT molecular complexity index is 522. The van der Waals surface area contributed by atoms with Gasteiger partial charge in [0.15, 0.2) is 11.6 Å². The van der Waals surface area contributed by atoms with E-state index in [1.165, 1.54) is 12.3 Å². The minimum atomic E-state index is -0.701. The minimum Gasteiger partial charge on any atom is -0.339 e. The molecule has 116 valence electrons. The minimum absolute atomic E-state index is 0.00489. The Hall–Kier alpha value is -1.69. The quantitative estimate of drug-likeness (QED) is 0.664. The first-order valence-corrected chi connectivity index (χ1v) is 7.24. The Kier molecular flexibility index (Phi) is 4.46. The Morgan fingerprint density at radius 2 is 2.10 bits per heavy atom. The topological polar surface area (TPSA) is 71.2 Å². The fraction of sp³-hybridized carbons (Fsp3) is 0.600. The summed E-state index contributed by atoms with van der Waals surface area (Å²) in [6.07, 6.45) is 5.42. The Balaban J connectivity index is 2.13. The molecular formula is C15H23FN4O. The van der Waals surface area contributed by atoms with Gasteiger partial charge in [-0.1, -0.05) is 13.8 Å². The number of nitrogen functional groups attached to an aromatic ring is 1. The van der Waals surface area contributed by atoms with Crippen LogP contribution in [-0.2, 0) is 0 Å². The van der Waals surface area contributed by atoms with Gasteiger partial charge in [0.05, 0.1) is 5.56 Å². The number of nitrogens with two attached hydrogens (primary N) is 1. The van der Waals surface area contributed by atoms with Gasteiger partial charge in [-0.25, -0.2) is 15.2 Å². The zero-order chi connectivity index (χ0) is 15.6. The second kappa shape index (κ2) is 5.97. The van der Waals surface area contributed by atoms with Crippen molar-refractivity contribution < 1.29 is 9.18 Å². The first-order chi connectivity index (χ1) is 9.85. The molecule has 2 rings (SSSR count). The molecule has 0 spiro atoms. The third-order valence-electron chi connectivity index (χ3n) is 4.43. The molecule has 1 aromatic rings. The number of halogens is 1. The number of pyridine rings is 1. The van der Waals surface area contributed by atoms with Crippen LogP contribution in [0.15, 0.2) is 12.3 Å². The van der Waals surface area contributed by atoms with Crippen LogP contribution in [0.4, 0.5) is 10.2 Å². The molecule has 0 radical (unpaired) electrons. The number of hydrazine groups is 1. The maximum Gasteiger partial charge on any atom is 0.257 e. The molecular weight excluding hydrogens is 271 g/mol. The van der Waals surface area contributed by atoms with Crippen molar-refractivity contribution in [1.29, 1.82) is 0 Å². The molecule has 1 aliphatic carbocycles. The van der Waals surface area contributed by atoms with Crippen molar-refractivity contribution in [3.63, 3.8) is 0 Å². The molecule has 5 nitrogen and oxygen atoms in total. The lowest BCUT2D eigenvalue weighted by molar-refractivity contribution is 0.0631. The lowest BCUT2D eigenvalue weighted by Crippen LogP contribution is -2.41. The number of hydrogen-bond donors (Lipinski definition) is 2. The summed E-state index contributed by atoms with van der Waals surface area (Å²) >= 11 is 0. The summed E-state index contributed by atoms with van der Waals surface area (Å²) in [5, 5.41) is 0. The van der Waals surface area contributed by atoms with Gasteiger partial charge in [-0.2, -0.15) is 0 Å². The van der Waals surface area contributed by atoms with Crippen LogP contribution in [0.1, 0.15) is 49.9 Å². The summed E-state index contributed by atoms with van der Waals surface area (Å²) in [6.45, 7) is 4.49. The monoisotopic (exact) mass is 294 g/mol. The second-order valence-electron chi connectivity index (χ2n) is 6.48. The maximum absolute atomic E-state index is 14.1. The van der Waals surface area contributed by atoms with E-state index in [1.807, 2.05) is 0 Å². The average molecular weight is 294 g/mol. The van der Waals surface area contributed by atoms with E-state index >= 15 is 0 Å². The number of nitrogens with zero attached hydrogens (tertiary/aromatic N) is 2. The van der Waals surface area contributed by atoms with Gasteiger partial charge in [-0.15, -0.1) is 0 Å². The standard InChI is InChI=1S/C15H23FN4O/c1-15(2)7-4-10(5-8-15)20(3)14(21)11-6-9-18-13(19-17)12(11)16/h6,9-10H,4-5,7-8,17H2,1-3H3,(H,18,19). The number of carbonyl (C=O) groups excluding carboxylic acids is 1. The zero-order valence-electron chi connectivity index (χ0n) is 12.8. The smallest absolute Gasteiger partial charge is 0.257 e. The molecule has 1 fully saturated rings. The third-order valence-corrected chi connectivity index (χ3v) is 4.43. The van der Waals surface area contributed by atoms with Crippen molar-refractivity contribution >= 4 is 11.7 Å². The summed E-state index contributed by atoms with van der Waals surface area (Å²) in [5.74, 6) is 4.06. The highest BCUT2D eigenvalue weighted by molar-refractivity contribution is 5.95. The van der Waals surface area contributed by atoms with Gasteiger partial charge in [-0.3, -0.25) is 4.79 Å². The van der Waals surface area contributed by atoms with Crippen LogP contribution in [0.2, 0.25) is 0 Å². The van der Waals surface area contributed by atoms with Crippen molar-refractivity contribution in [2.45, 2.75) is 45.6 Å². The normalized spacial score (nSPS) is 18.3. The molecule has 0 aromatic carbocycles. The van der Waals surface area contributed by atoms with Crippen LogP contribution >= 0.6 is 0 Å². The molecule has 0 aliphatic heterocycles. The van der Waals surface area contributed by atoms with Gasteiger partial charge in [0.2, 0.25) is 0 Å². The maximum atomic E-state index is 14.1. The van der Waals surface area contributed by atoms with E-state index in [0.29, 0.717) is 5.41 Å². The van der Waals surface area contributed by atoms with Gasteiger partial charge < -0.3 is 10.3 Å². The molecule has 0 bridgehead atoms. The first-order valence-electron chi connectivity index (χ1n) is 7.24. The third kappa shape index (κ3) is 3.32. The molecule has 1 aromatic heterocycles. The van der Waals surface area contributed by atoms with Crippen molar-refractivity contribution in [1.82, 2.24) is 9.88 Å². The first kappa shape index (κ1) is 15.7. The number of rotatable bonds is 3. The van der Waals surface area contributed by atoms with Gasteiger partial charge in [0.25, 0.3) is 5.91 Å². The van der Waals surface area contributed by atoms with Gasteiger partial charge in [0, 0.05) is 19.3 Å². The Labute approximate surface area is 124 Å². The van der Waals surface area contributed by atoms with Gasteiger partial charge in [-0.05, 0) is 37.2 Å². The van der Waals surface area contributed by atoms with E-state index in [1.54, 1.807) is 11.9 Å². The van der Waals surface area contributed by atoms with Gasteiger partial charge >= 0.3 is 0 Å². The van der Waals surface area contributed by atoms with E-state index in [-0.39, 0.29) is 23.3 Å². The van der Waals surface area contributed by atoms with Gasteiger partial charge in [0.1, 0.15) is 0 Å². The SMILES string of the molecule is CN(C(=O)c1ccnc(NN)c1F)C1CCC(C)(C)CC1. The highest BCUT2D eigenvalue weighted by atomic mass is 19.1. The molecule has 1 aliphatic rings. The van der Waals surface area contributed by atoms with Crippen LogP contribution in [0, 0.1) is 11.2 Å². The summed E-state index contributed by atoms with van der Waals surface area (Å²) in [4.78, 5) is 17.9. The number of amides is 1. The predicted octanol–water partition coefficient (Wildman–Crippen LogP) is 2.55. The van der Waals surface area contributed by atoms with E-state index in [4.69, 9.17) is 5.84 Å². The highest BCUT2D eigenvalue weighted by Crippen LogP contribution is 2.37. The summed E-state index contributed by atoms with van der Waals surface area (Å²) in [7, 11) is 1.74. The van der Waals surface area contributed by atoms with Crippen LogP contribution in [0.5, 0.6) is 0 Å². The van der Waals surface area contributed by atoms with Crippen molar-refractivity contribution in [3.05, 3.63) is 23.6 Å². The molecule has 1 heterocycles. The number of nitrogens with one attached hydrogen (secondary N) is 1. The molecule has 21 heavy (non-hydrogen) atoms. The van der Waals surface area contributed by atoms with E-state index in [0.717, 1.165) is 25.7 Å². The summed E-state index contributed by atoms with van der Waals surface area (Å²) in [5.41, 5.74) is 2.50. The predicted molar refractivity (Wildman–Crippen MR) is 80.1 cm³/mol. The number of hydrogen-bond acceptors (Lipinski definition) is 4. The van der Waals surface area contributed by atoms with Crippen molar-refractivity contribution in [2.24, 2.45) is 11.3 Å². The Morgan fingerprint density at radius 1 is 1.48 bits per heavy atom. The summed E-state index contributed by atoms with van der Waals surface area (Å²) in [6, 6.07) is 1.55. The van der Waals surface area contributed by atoms with Crippen LogP contribution < -0.4 is 11.3 Å². The van der Waals surface area contributed by atoms with Crippen LogP contribution in [-0.4, -0.2) is 28.9 Å². The fourth-order valence-corrected chi connectivity index (χ4v) is 2.84. The van der Waals surface area contributed by atoms with Crippen molar-refractivity contribution in [2.75, 3.05) is 12.5 Å². The van der Waals surface area contributed by atoms with Crippen LogP contribution in [0.3, 0.4) is 0 Å². The molecule has 3 N–H and O–H groups in total. The molecule has 0 unspecified atom stereocenters. The van der Waals surface area contributed by atoms with E-state index < -0.39 is 5.82 Å². The fourth-order valence-electron chi connectivity index (χ4n) is 2.84. The second-order valence-corrected chi connectivity index (χ2v) is 6.48. The molecule has 0 atom stereocenters. The number of anilines is 1. The van der Waals surface area contributed by atoms with E-state index in [2.05, 4.69) is 24.3 Å². The largest absolute Gasteiger partial charge is 0.339 e. The van der Waals surface area contributed by atoms with E-state index in [9.17, 15) is 9.18 Å². The molecule has 1 saturated carbocycles. The zero-order valence-corrected chi connectivity index (χ0v) is 12.8. The number of aromatic nitrogens is 1. The van der Waals surface area contributed by atoms with Crippen molar-refractivity contribution in [3.8, 4) is 0 Å². The molecule has 0 saturated heterocycles. The van der Waals surface area contributed by atoms with Crippen LogP contribution in [0.25, 0.3) is 0 Å². The number of carbonyl (C=O) groups is 1. The highest BCUT2D eigenvalue weighted by Gasteiger charge is 2.31. The molecule has 6 heteroatoms. The lowest BCUT2D eigenvalue weighted by Gasteiger charge is -2.38.